The summed E-state index contributed by atoms with van der Waals surface area (Å²) >= 11 is 0. The fraction of sp³-hybridized carbons (Fsp3) is 0.643. The van der Waals surface area contributed by atoms with Crippen LogP contribution in [0.25, 0.3) is 0 Å². The fourth-order valence-corrected chi connectivity index (χ4v) is 2.55. The van der Waals surface area contributed by atoms with E-state index in [1.165, 1.54) is 12.1 Å². The highest BCUT2D eigenvalue weighted by Crippen LogP contribution is 2.22. The first kappa shape index (κ1) is 13.8. The van der Waals surface area contributed by atoms with Gasteiger partial charge in [0.05, 0.1) is 18.8 Å². The highest BCUT2D eigenvalue weighted by molar-refractivity contribution is 5.95. The summed E-state index contributed by atoms with van der Waals surface area (Å²) in [6, 6.07) is 0. The Morgan fingerprint density at radius 1 is 1.32 bits per heavy atom. The van der Waals surface area contributed by atoms with Crippen molar-refractivity contribution < 1.29 is 14.3 Å². The number of nitrogens with zero attached hydrogens (tertiary/aromatic N) is 2. The number of aryl methyl sites for hydroxylation is 2. The highest BCUT2D eigenvalue weighted by atomic mass is 16.5. The third-order valence-electron chi connectivity index (χ3n) is 3.40. The molecule has 2 rings (SSSR count). The summed E-state index contributed by atoms with van der Waals surface area (Å²) in [5, 5.41) is 0. The number of fused-ring (bicyclic) bond motifs is 1. The number of carbonyl (C=O) groups excluding carboxylic acids is 2. The summed E-state index contributed by atoms with van der Waals surface area (Å²) in [5.41, 5.74) is 2.29. The summed E-state index contributed by atoms with van der Waals surface area (Å²) in [6.45, 7) is 4.19. The van der Waals surface area contributed by atoms with Gasteiger partial charge in [-0.2, -0.15) is 0 Å². The van der Waals surface area contributed by atoms with E-state index in [0.717, 1.165) is 30.8 Å². The Hall–Kier alpha value is -1.65. The number of ketones is 1. The molecule has 5 heteroatoms. The molecule has 0 bridgehead atoms. The van der Waals surface area contributed by atoms with Crippen LogP contribution in [-0.2, 0) is 33.7 Å². The van der Waals surface area contributed by atoms with Gasteiger partial charge in [0.15, 0.2) is 5.78 Å². The van der Waals surface area contributed by atoms with Crippen molar-refractivity contribution in [2.24, 2.45) is 0 Å². The van der Waals surface area contributed by atoms with E-state index in [0.29, 0.717) is 6.61 Å². The second kappa shape index (κ2) is 5.99. The van der Waals surface area contributed by atoms with Crippen molar-refractivity contribution in [3.05, 3.63) is 17.2 Å². The molecule has 0 radical (unpaired) electrons. The Morgan fingerprint density at radius 2 is 2.05 bits per heavy atom. The molecule has 1 aromatic rings. The Balaban J connectivity index is 2.04. The van der Waals surface area contributed by atoms with Crippen molar-refractivity contribution in [2.75, 3.05) is 6.61 Å². The van der Waals surface area contributed by atoms with E-state index in [1.54, 1.807) is 6.92 Å². The predicted octanol–water partition coefficient (Wildman–Crippen LogP) is 1.59. The molecule has 0 unspecified atom stereocenters. The van der Waals surface area contributed by atoms with E-state index in [2.05, 4.69) is 4.98 Å². The molecule has 0 amide bonds. The minimum absolute atomic E-state index is 0.118. The smallest absolute Gasteiger partial charge is 0.313 e. The van der Waals surface area contributed by atoms with Gasteiger partial charge in [-0.25, -0.2) is 4.98 Å². The van der Waals surface area contributed by atoms with Crippen LogP contribution < -0.4 is 0 Å². The molecule has 1 heterocycles. The number of aromatic nitrogens is 2. The molecule has 5 nitrogen and oxygen atoms in total. The number of esters is 1. The minimum Gasteiger partial charge on any atom is -0.466 e. The van der Waals surface area contributed by atoms with Crippen molar-refractivity contribution in [3.8, 4) is 0 Å². The van der Waals surface area contributed by atoms with Crippen LogP contribution in [0.1, 0.15) is 43.4 Å². The Labute approximate surface area is 113 Å². The van der Waals surface area contributed by atoms with Crippen molar-refractivity contribution in [3.63, 3.8) is 0 Å². The topological polar surface area (TPSA) is 61.2 Å². The van der Waals surface area contributed by atoms with Crippen LogP contribution in [0.4, 0.5) is 0 Å². The zero-order valence-corrected chi connectivity index (χ0v) is 11.6. The standard InChI is InChI=1S/C14H20N2O3/c1-3-19-14(18)8-11(17)9-16-10(2)15-12-6-4-5-7-13(12)16/h3-9H2,1-2H3. The van der Waals surface area contributed by atoms with Gasteiger partial charge in [-0.3, -0.25) is 9.59 Å². The average molecular weight is 264 g/mol. The molecule has 19 heavy (non-hydrogen) atoms. The van der Waals surface area contributed by atoms with Crippen LogP contribution in [0.15, 0.2) is 0 Å². The first-order valence-corrected chi connectivity index (χ1v) is 6.84. The molecule has 0 fully saturated rings. The van der Waals surface area contributed by atoms with E-state index < -0.39 is 5.97 Å². The van der Waals surface area contributed by atoms with E-state index in [9.17, 15) is 9.59 Å². The molecule has 0 spiro atoms. The second-order valence-electron chi connectivity index (χ2n) is 4.87. The maximum Gasteiger partial charge on any atom is 0.313 e. The number of hydrogen-bond acceptors (Lipinski definition) is 4. The van der Waals surface area contributed by atoms with Gasteiger partial charge >= 0.3 is 5.97 Å². The maximum absolute atomic E-state index is 11.9. The highest BCUT2D eigenvalue weighted by Gasteiger charge is 2.20. The zero-order chi connectivity index (χ0) is 13.8. The summed E-state index contributed by atoms with van der Waals surface area (Å²) < 4.78 is 6.74. The second-order valence-corrected chi connectivity index (χ2v) is 4.87. The largest absolute Gasteiger partial charge is 0.466 e. The van der Waals surface area contributed by atoms with Gasteiger partial charge < -0.3 is 9.30 Å². The lowest BCUT2D eigenvalue weighted by Gasteiger charge is -2.14. The number of ether oxygens (including phenoxy) is 1. The SMILES string of the molecule is CCOC(=O)CC(=O)Cn1c(C)nc2c1CCCC2. The third kappa shape index (κ3) is 3.22. The summed E-state index contributed by atoms with van der Waals surface area (Å²) in [7, 11) is 0. The van der Waals surface area contributed by atoms with Crippen LogP contribution in [0.2, 0.25) is 0 Å². The predicted molar refractivity (Wildman–Crippen MR) is 69.9 cm³/mol. The number of imidazole rings is 1. The van der Waals surface area contributed by atoms with Gasteiger partial charge in [0.2, 0.25) is 0 Å². The van der Waals surface area contributed by atoms with Crippen LogP contribution in [0.5, 0.6) is 0 Å². The average Bonchev–Trinajstić information content (AvgIpc) is 2.66. The van der Waals surface area contributed by atoms with Crippen molar-refractivity contribution in [1.82, 2.24) is 9.55 Å². The van der Waals surface area contributed by atoms with Crippen molar-refractivity contribution in [2.45, 2.75) is 52.5 Å². The molecule has 0 saturated carbocycles. The molecule has 1 aliphatic carbocycles. The van der Waals surface area contributed by atoms with Gasteiger partial charge in [0.1, 0.15) is 12.2 Å². The lowest BCUT2D eigenvalue weighted by molar-refractivity contribution is -0.145. The number of carbonyl (C=O) groups is 2. The summed E-state index contributed by atoms with van der Waals surface area (Å²) in [5.74, 6) is 0.301. The first-order valence-electron chi connectivity index (χ1n) is 6.84. The van der Waals surface area contributed by atoms with Crippen molar-refractivity contribution >= 4 is 11.8 Å². The van der Waals surface area contributed by atoms with Gasteiger partial charge in [0.25, 0.3) is 0 Å². The third-order valence-corrected chi connectivity index (χ3v) is 3.40. The Morgan fingerprint density at radius 3 is 2.79 bits per heavy atom. The monoisotopic (exact) mass is 264 g/mol. The molecular formula is C14H20N2O3. The maximum atomic E-state index is 11.9. The quantitative estimate of drug-likeness (QED) is 0.598. The fourth-order valence-electron chi connectivity index (χ4n) is 2.55. The lowest BCUT2D eigenvalue weighted by atomic mass is 10.0. The molecule has 0 atom stereocenters. The van der Waals surface area contributed by atoms with E-state index in [-0.39, 0.29) is 18.7 Å². The normalized spacial score (nSPS) is 14.0. The van der Waals surface area contributed by atoms with Gasteiger partial charge in [-0.1, -0.05) is 0 Å². The lowest BCUT2D eigenvalue weighted by Crippen LogP contribution is -2.19. The Kier molecular flexibility index (Phi) is 4.35. The van der Waals surface area contributed by atoms with E-state index in [4.69, 9.17) is 4.74 Å². The molecule has 0 aliphatic heterocycles. The molecule has 104 valence electrons. The molecule has 0 aromatic carbocycles. The van der Waals surface area contributed by atoms with Gasteiger partial charge in [-0.05, 0) is 39.5 Å². The van der Waals surface area contributed by atoms with Crippen molar-refractivity contribution in [1.29, 1.82) is 0 Å². The first-order chi connectivity index (χ1) is 9.11. The number of Topliss-reactive ketones (excluding diaryl/α,β-unsaturated/α-hetero) is 1. The molecule has 1 aliphatic rings. The molecule has 0 saturated heterocycles. The Bertz CT molecular complexity index is 491. The molecule has 1 aromatic heterocycles. The number of hydrogen-bond donors (Lipinski definition) is 0. The zero-order valence-electron chi connectivity index (χ0n) is 11.6. The summed E-state index contributed by atoms with van der Waals surface area (Å²) in [6.07, 6.45) is 4.13. The number of rotatable bonds is 5. The van der Waals surface area contributed by atoms with Crippen LogP contribution in [0.3, 0.4) is 0 Å². The molecular weight excluding hydrogens is 244 g/mol. The van der Waals surface area contributed by atoms with Gasteiger partial charge in [0, 0.05) is 5.69 Å². The van der Waals surface area contributed by atoms with Crippen LogP contribution in [-0.4, -0.2) is 27.9 Å². The van der Waals surface area contributed by atoms with E-state index in [1.807, 2.05) is 11.5 Å². The van der Waals surface area contributed by atoms with Gasteiger partial charge in [-0.15, -0.1) is 0 Å². The molecule has 0 N–H and O–H groups in total. The minimum atomic E-state index is -0.445. The van der Waals surface area contributed by atoms with Crippen LogP contribution in [0, 0.1) is 6.92 Å². The van der Waals surface area contributed by atoms with Crippen LogP contribution >= 0.6 is 0 Å². The van der Waals surface area contributed by atoms with E-state index >= 15 is 0 Å². The summed E-state index contributed by atoms with van der Waals surface area (Å²) in [4.78, 5) is 27.7.